The van der Waals surface area contributed by atoms with E-state index in [0.29, 0.717) is 11.3 Å². The Morgan fingerprint density at radius 1 is 1.41 bits per heavy atom. The summed E-state index contributed by atoms with van der Waals surface area (Å²) in [6, 6.07) is 1.58. The number of hydrogen-bond acceptors (Lipinski definition) is 3. The van der Waals surface area contributed by atoms with Crippen LogP contribution in [0.3, 0.4) is 0 Å². The highest BCUT2D eigenvalue weighted by molar-refractivity contribution is 6.34. The Morgan fingerprint density at radius 3 is 2.59 bits per heavy atom. The summed E-state index contributed by atoms with van der Waals surface area (Å²) >= 11 is 11.5. The summed E-state index contributed by atoms with van der Waals surface area (Å²) in [6.45, 7) is 2.95. The van der Waals surface area contributed by atoms with Crippen LogP contribution in [-0.2, 0) is 9.59 Å². The molecule has 2 amide bonds. The summed E-state index contributed by atoms with van der Waals surface area (Å²) in [5.74, 6) is -0.661. The Bertz CT molecular complexity index is 440. The summed E-state index contributed by atoms with van der Waals surface area (Å²) < 4.78 is 0. The SMILES string of the molecule is CC(=O)NCC(=O)Nc1c(C)cc(Cl)nc1Cl. The molecule has 17 heavy (non-hydrogen) atoms. The first-order valence-corrected chi connectivity index (χ1v) is 5.52. The van der Waals surface area contributed by atoms with Crippen molar-refractivity contribution >= 4 is 40.7 Å². The fraction of sp³-hybridized carbons (Fsp3) is 0.300. The monoisotopic (exact) mass is 275 g/mol. The number of halogens is 2. The average molecular weight is 276 g/mol. The normalized spacial score (nSPS) is 9.88. The van der Waals surface area contributed by atoms with Crippen molar-refractivity contribution in [2.45, 2.75) is 13.8 Å². The second-order valence-electron chi connectivity index (χ2n) is 3.39. The van der Waals surface area contributed by atoms with E-state index in [-0.39, 0.29) is 28.7 Å². The van der Waals surface area contributed by atoms with Crippen LogP contribution >= 0.6 is 23.2 Å². The molecule has 0 radical (unpaired) electrons. The molecular weight excluding hydrogens is 265 g/mol. The second kappa shape index (κ2) is 5.84. The number of rotatable bonds is 3. The zero-order valence-electron chi connectivity index (χ0n) is 9.30. The highest BCUT2D eigenvalue weighted by Gasteiger charge is 2.11. The van der Waals surface area contributed by atoms with E-state index in [1.165, 1.54) is 6.92 Å². The minimum Gasteiger partial charge on any atom is -0.347 e. The first-order chi connectivity index (χ1) is 7.90. The summed E-state index contributed by atoms with van der Waals surface area (Å²) in [6.07, 6.45) is 0. The van der Waals surface area contributed by atoms with E-state index >= 15 is 0 Å². The summed E-state index contributed by atoms with van der Waals surface area (Å²) in [4.78, 5) is 25.9. The number of aryl methyl sites for hydroxylation is 1. The van der Waals surface area contributed by atoms with Crippen molar-refractivity contribution in [3.8, 4) is 0 Å². The highest BCUT2D eigenvalue weighted by Crippen LogP contribution is 2.26. The fourth-order valence-electron chi connectivity index (χ4n) is 1.13. The molecule has 0 saturated carbocycles. The van der Waals surface area contributed by atoms with Gasteiger partial charge in [-0.25, -0.2) is 4.98 Å². The number of carbonyl (C=O) groups is 2. The van der Waals surface area contributed by atoms with Gasteiger partial charge in [-0.3, -0.25) is 9.59 Å². The highest BCUT2D eigenvalue weighted by atomic mass is 35.5. The maximum atomic E-state index is 11.5. The quantitative estimate of drug-likeness (QED) is 0.826. The smallest absolute Gasteiger partial charge is 0.243 e. The lowest BCUT2D eigenvalue weighted by atomic mass is 10.2. The molecule has 1 aromatic rings. The van der Waals surface area contributed by atoms with E-state index in [0.717, 1.165) is 0 Å². The molecular formula is C10H11Cl2N3O2. The van der Waals surface area contributed by atoms with Gasteiger partial charge in [0, 0.05) is 6.92 Å². The molecule has 0 saturated heterocycles. The van der Waals surface area contributed by atoms with Gasteiger partial charge in [0.15, 0.2) is 5.15 Å². The van der Waals surface area contributed by atoms with Crippen molar-refractivity contribution in [3.05, 3.63) is 21.9 Å². The van der Waals surface area contributed by atoms with Crippen LogP contribution in [0.4, 0.5) is 5.69 Å². The third kappa shape index (κ3) is 4.20. The third-order valence-electron chi connectivity index (χ3n) is 1.90. The van der Waals surface area contributed by atoms with Gasteiger partial charge >= 0.3 is 0 Å². The zero-order valence-corrected chi connectivity index (χ0v) is 10.8. The number of aromatic nitrogens is 1. The average Bonchev–Trinajstić information content (AvgIpc) is 2.20. The zero-order chi connectivity index (χ0) is 13.0. The van der Waals surface area contributed by atoms with Crippen LogP contribution in [0, 0.1) is 6.92 Å². The number of nitrogens with zero attached hydrogens (tertiary/aromatic N) is 1. The van der Waals surface area contributed by atoms with Crippen LogP contribution in [0.5, 0.6) is 0 Å². The van der Waals surface area contributed by atoms with Gasteiger partial charge in [0.2, 0.25) is 11.8 Å². The molecule has 0 aliphatic rings. The Morgan fingerprint density at radius 2 is 2.06 bits per heavy atom. The van der Waals surface area contributed by atoms with E-state index in [4.69, 9.17) is 23.2 Å². The van der Waals surface area contributed by atoms with E-state index in [1.54, 1.807) is 13.0 Å². The van der Waals surface area contributed by atoms with Crippen molar-refractivity contribution in [2.24, 2.45) is 0 Å². The van der Waals surface area contributed by atoms with Gasteiger partial charge in [-0.2, -0.15) is 0 Å². The molecule has 0 bridgehead atoms. The predicted molar refractivity (Wildman–Crippen MR) is 66.3 cm³/mol. The second-order valence-corrected chi connectivity index (χ2v) is 4.13. The number of amides is 2. The van der Waals surface area contributed by atoms with Gasteiger partial charge in [0.1, 0.15) is 5.15 Å². The maximum absolute atomic E-state index is 11.5. The molecule has 1 heterocycles. The van der Waals surface area contributed by atoms with Crippen LogP contribution in [0.15, 0.2) is 6.07 Å². The molecule has 0 fully saturated rings. The van der Waals surface area contributed by atoms with Crippen molar-refractivity contribution in [2.75, 3.05) is 11.9 Å². The van der Waals surface area contributed by atoms with Crippen molar-refractivity contribution in [1.82, 2.24) is 10.3 Å². The minimum absolute atomic E-state index is 0.117. The van der Waals surface area contributed by atoms with Gasteiger partial charge < -0.3 is 10.6 Å². The topological polar surface area (TPSA) is 71.1 Å². The van der Waals surface area contributed by atoms with E-state index in [9.17, 15) is 9.59 Å². The van der Waals surface area contributed by atoms with Gasteiger partial charge in [-0.15, -0.1) is 0 Å². The van der Waals surface area contributed by atoms with Crippen molar-refractivity contribution in [3.63, 3.8) is 0 Å². The van der Waals surface area contributed by atoms with E-state index in [1.807, 2.05) is 0 Å². The lowest BCUT2D eigenvalue weighted by molar-refractivity contribution is -0.122. The molecule has 1 aromatic heterocycles. The van der Waals surface area contributed by atoms with Crippen LogP contribution < -0.4 is 10.6 Å². The first kappa shape index (κ1) is 13.7. The van der Waals surface area contributed by atoms with Crippen molar-refractivity contribution < 1.29 is 9.59 Å². The fourth-order valence-corrected chi connectivity index (χ4v) is 1.71. The molecule has 92 valence electrons. The molecule has 0 aliphatic heterocycles. The molecule has 2 N–H and O–H groups in total. The number of hydrogen-bond donors (Lipinski definition) is 2. The van der Waals surface area contributed by atoms with Crippen molar-refractivity contribution in [1.29, 1.82) is 0 Å². The predicted octanol–water partition coefficient (Wildman–Crippen LogP) is 1.77. The lowest BCUT2D eigenvalue weighted by Crippen LogP contribution is -2.31. The number of pyridine rings is 1. The van der Waals surface area contributed by atoms with E-state index < -0.39 is 0 Å². The van der Waals surface area contributed by atoms with Crippen LogP contribution in [0.25, 0.3) is 0 Å². The summed E-state index contributed by atoms with van der Waals surface area (Å²) in [5, 5.41) is 5.30. The molecule has 1 rings (SSSR count). The standard InChI is InChI=1S/C10H11Cl2N3O2/c1-5-3-7(11)14-10(12)9(5)15-8(17)4-13-6(2)16/h3H,4H2,1-2H3,(H,13,16)(H,15,17). The van der Waals surface area contributed by atoms with Gasteiger partial charge in [0.05, 0.1) is 12.2 Å². The maximum Gasteiger partial charge on any atom is 0.243 e. The van der Waals surface area contributed by atoms with Crippen LogP contribution in [0.1, 0.15) is 12.5 Å². The minimum atomic E-state index is -0.380. The largest absolute Gasteiger partial charge is 0.347 e. The third-order valence-corrected chi connectivity index (χ3v) is 2.37. The molecule has 7 heteroatoms. The van der Waals surface area contributed by atoms with E-state index in [2.05, 4.69) is 15.6 Å². The van der Waals surface area contributed by atoms with Crippen LogP contribution in [0.2, 0.25) is 10.3 Å². The number of nitrogens with one attached hydrogen (secondary N) is 2. The number of carbonyl (C=O) groups excluding carboxylic acids is 2. The molecule has 0 unspecified atom stereocenters. The first-order valence-electron chi connectivity index (χ1n) is 4.77. The molecule has 0 spiro atoms. The molecule has 0 aliphatic carbocycles. The molecule has 5 nitrogen and oxygen atoms in total. The van der Waals surface area contributed by atoms with Gasteiger partial charge in [-0.1, -0.05) is 23.2 Å². The number of anilines is 1. The summed E-state index contributed by atoms with van der Waals surface area (Å²) in [5.41, 5.74) is 1.09. The Kier molecular flexibility index (Phi) is 4.72. The molecule has 0 aromatic carbocycles. The van der Waals surface area contributed by atoms with Crippen LogP contribution in [-0.4, -0.2) is 23.3 Å². The Labute approximate surface area is 109 Å². The Balaban J connectivity index is 2.75. The molecule has 0 atom stereocenters. The summed E-state index contributed by atoms with van der Waals surface area (Å²) in [7, 11) is 0. The Hall–Kier alpha value is -1.33. The van der Waals surface area contributed by atoms with Gasteiger partial charge in [0.25, 0.3) is 0 Å². The lowest BCUT2D eigenvalue weighted by Gasteiger charge is -2.10. The van der Waals surface area contributed by atoms with Gasteiger partial charge in [-0.05, 0) is 18.6 Å².